The molecule has 0 heterocycles. The van der Waals surface area contributed by atoms with Gasteiger partial charge in [-0.1, -0.05) is 59.9 Å². The van der Waals surface area contributed by atoms with Crippen molar-refractivity contribution in [2.24, 2.45) is 5.92 Å². The maximum Gasteiger partial charge on any atom is 0.161 e. The van der Waals surface area contributed by atoms with Crippen LogP contribution in [0.4, 0.5) is 0 Å². The topological polar surface area (TPSA) is 80.9 Å². The molecule has 0 radical (unpaired) electrons. The predicted octanol–water partition coefficient (Wildman–Crippen LogP) is 6.35. The van der Waals surface area contributed by atoms with E-state index in [1.807, 2.05) is 6.07 Å². The minimum atomic E-state index is -0.385. The van der Waals surface area contributed by atoms with E-state index in [1.165, 1.54) is 0 Å². The summed E-state index contributed by atoms with van der Waals surface area (Å²) < 4.78 is 0. The third-order valence-corrected chi connectivity index (χ3v) is 8.47. The number of phenolic OH excluding ortho intramolecular Hbond substituents is 4. The van der Waals surface area contributed by atoms with E-state index < -0.39 is 0 Å². The lowest BCUT2D eigenvalue weighted by molar-refractivity contribution is 0.182. The average Bonchev–Trinajstić information content (AvgIpc) is 3.06. The second-order valence-corrected chi connectivity index (χ2v) is 10.3. The second-order valence-electron chi connectivity index (χ2n) is 10.3. The highest BCUT2D eigenvalue weighted by Crippen LogP contribution is 2.70. The molecule has 0 bridgehead atoms. The van der Waals surface area contributed by atoms with Gasteiger partial charge in [-0.2, -0.15) is 0 Å². The first kappa shape index (κ1) is 21.9. The molecule has 0 saturated carbocycles. The first-order chi connectivity index (χ1) is 14.6. The highest BCUT2D eigenvalue weighted by Gasteiger charge is 2.64. The molecule has 2 aliphatic carbocycles. The van der Waals surface area contributed by atoms with E-state index in [2.05, 4.69) is 34.6 Å². The lowest BCUT2D eigenvalue weighted by Gasteiger charge is -2.42. The lowest BCUT2D eigenvalue weighted by atomic mass is 9.61. The van der Waals surface area contributed by atoms with E-state index >= 15 is 0 Å². The molecule has 0 amide bonds. The van der Waals surface area contributed by atoms with E-state index in [0.717, 1.165) is 60.8 Å². The van der Waals surface area contributed by atoms with E-state index in [-0.39, 0.29) is 45.2 Å². The summed E-state index contributed by atoms with van der Waals surface area (Å²) in [5.74, 6) is -0.0471. The van der Waals surface area contributed by atoms with Gasteiger partial charge in [-0.15, -0.1) is 0 Å². The number of hydrogen-bond acceptors (Lipinski definition) is 4. The van der Waals surface area contributed by atoms with Crippen LogP contribution in [0.2, 0.25) is 0 Å². The van der Waals surface area contributed by atoms with Gasteiger partial charge in [0.15, 0.2) is 23.0 Å². The van der Waals surface area contributed by atoms with Crippen LogP contribution in [0.3, 0.4) is 0 Å². The zero-order valence-corrected chi connectivity index (χ0v) is 19.4. The third kappa shape index (κ3) is 2.66. The van der Waals surface area contributed by atoms with Gasteiger partial charge < -0.3 is 20.4 Å². The quantitative estimate of drug-likeness (QED) is 0.421. The Morgan fingerprint density at radius 1 is 0.806 bits per heavy atom. The summed E-state index contributed by atoms with van der Waals surface area (Å²) in [6.45, 7) is 11.0. The van der Waals surface area contributed by atoms with Crippen molar-refractivity contribution in [3.8, 4) is 23.0 Å². The molecule has 31 heavy (non-hydrogen) atoms. The molecule has 2 aromatic carbocycles. The fourth-order valence-corrected chi connectivity index (χ4v) is 7.63. The summed E-state index contributed by atoms with van der Waals surface area (Å²) >= 11 is 0. The van der Waals surface area contributed by atoms with Gasteiger partial charge in [-0.25, -0.2) is 0 Å². The number of hydrogen-bond donors (Lipinski definition) is 4. The summed E-state index contributed by atoms with van der Waals surface area (Å²) in [4.78, 5) is 0. The Balaban J connectivity index is 2.12. The van der Waals surface area contributed by atoms with Crippen molar-refractivity contribution < 1.29 is 20.4 Å². The van der Waals surface area contributed by atoms with Gasteiger partial charge in [0.25, 0.3) is 0 Å². The van der Waals surface area contributed by atoms with E-state index in [9.17, 15) is 20.4 Å². The zero-order valence-electron chi connectivity index (χ0n) is 19.4. The van der Waals surface area contributed by atoms with Crippen molar-refractivity contribution in [3.05, 3.63) is 46.5 Å². The second kappa shape index (κ2) is 7.08. The minimum absolute atomic E-state index is 0.00239. The molecular formula is C27H36O4. The number of fused-ring (bicyclic) bond motifs is 4. The van der Waals surface area contributed by atoms with Crippen molar-refractivity contribution in [1.29, 1.82) is 0 Å². The van der Waals surface area contributed by atoms with Crippen LogP contribution >= 0.6 is 0 Å². The molecule has 0 aromatic heterocycles. The Labute approximate surface area is 185 Å². The third-order valence-electron chi connectivity index (χ3n) is 8.47. The largest absolute Gasteiger partial charge is 0.504 e. The van der Waals surface area contributed by atoms with Crippen molar-refractivity contribution in [2.75, 3.05) is 0 Å². The standard InChI is InChI=1S/C27H36O4/c1-6-11-25(4)15-27(18-14-21(30)20(29)13-17(18)25)16-9-10-19(28)24(31)23(16)26(5,12-7-2)22(27)8-3/h9-10,13-14,22,28-31H,6-8,11-12,15H2,1-5H3. The first-order valence-corrected chi connectivity index (χ1v) is 11.7. The molecule has 0 saturated heterocycles. The fraction of sp³-hybridized carbons (Fsp3) is 0.556. The van der Waals surface area contributed by atoms with E-state index in [0.29, 0.717) is 0 Å². The monoisotopic (exact) mass is 424 g/mol. The number of benzene rings is 2. The number of rotatable bonds is 5. The lowest BCUT2D eigenvalue weighted by Crippen LogP contribution is -2.40. The average molecular weight is 425 g/mol. The minimum Gasteiger partial charge on any atom is -0.504 e. The molecule has 1 spiro atoms. The summed E-state index contributed by atoms with van der Waals surface area (Å²) in [7, 11) is 0. The Hall–Kier alpha value is -2.36. The Morgan fingerprint density at radius 3 is 2.00 bits per heavy atom. The Kier molecular flexibility index (Phi) is 4.99. The summed E-state index contributed by atoms with van der Waals surface area (Å²) in [5, 5.41) is 42.4. The van der Waals surface area contributed by atoms with Gasteiger partial charge in [-0.05, 0) is 65.5 Å². The van der Waals surface area contributed by atoms with Crippen molar-refractivity contribution in [3.63, 3.8) is 0 Å². The SMILES string of the molecule is CCCC1(C)CC2(c3cc(O)c(O)cc31)c1ccc(O)c(O)c1C(C)(CCC)C2CC. The van der Waals surface area contributed by atoms with Crippen LogP contribution in [0.1, 0.15) is 95.4 Å². The molecule has 4 N–H and O–H groups in total. The van der Waals surface area contributed by atoms with Crippen molar-refractivity contribution in [1.82, 2.24) is 0 Å². The van der Waals surface area contributed by atoms with Crippen LogP contribution in [0.15, 0.2) is 24.3 Å². The van der Waals surface area contributed by atoms with Gasteiger partial charge in [0.05, 0.1) is 0 Å². The molecule has 4 heteroatoms. The molecule has 4 nitrogen and oxygen atoms in total. The van der Waals surface area contributed by atoms with Crippen LogP contribution < -0.4 is 0 Å². The smallest absolute Gasteiger partial charge is 0.161 e. The van der Waals surface area contributed by atoms with E-state index in [4.69, 9.17) is 0 Å². The van der Waals surface area contributed by atoms with E-state index in [1.54, 1.807) is 18.2 Å². The molecule has 0 fully saturated rings. The maximum atomic E-state index is 11.1. The molecule has 2 aromatic rings. The van der Waals surface area contributed by atoms with Crippen molar-refractivity contribution >= 4 is 0 Å². The molecule has 168 valence electrons. The zero-order chi connectivity index (χ0) is 22.8. The van der Waals surface area contributed by atoms with Gasteiger partial charge >= 0.3 is 0 Å². The van der Waals surface area contributed by atoms with Crippen LogP contribution in [0.5, 0.6) is 23.0 Å². The summed E-state index contributed by atoms with van der Waals surface area (Å²) in [6.07, 6.45) is 5.64. The normalized spacial score (nSPS) is 31.2. The predicted molar refractivity (Wildman–Crippen MR) is 123 cm³/mol. The maximum absolute atomic E-state index is 11.1. The first-order valence-electron chi connectivity index (χ1n) is 11.7. The Morgan fingerprint density at radius 2 is 1.42 bits per heavy atom. The molecule has 4 rings (SSSR count). The molecule has 4 atom stereocenters. The molecule has 4 unspecified atom stereocenters. The molecule has 2 aliphatic rings. The fourth-order valence-electron chi connectivity index (χ4n) is 7.63. The van der Waals surface area contributed by atoms with Gasteiger partial charge in [0.1, 0.15) is 0 Å². The van der Waals surface area contributed by atoms with Crippen LogP contribution in [0.25, 0.3) is 0 Å². The molecular weight excluding hydrogens is 388 g/mol. The number of aromatic hydroxyl groups is 4. The summed E-state index contributed by atoms with van der Waals surface area (Å²) in [5.41, 5.74) is 3.26. The van der Waals surface area contributed by atoms with Crippen LogP contribution in [-0.4, -0.2) is 20.4 Å². The van der Waals surface area contributed by atoms with Gasteiger partial charge in [0.2, 0.25) is 0 Å². The Bertz CT molecular complexity index is 1020. The van der Waals surface area contributed by atoms with Crippen LogP contribution in [0, 0.1) is 5.92 Å². The molecule has 0 aliphatic heterocycles. The van der Waals surface area contributed by atoms with Gasteiger partial charge in [-0.3, -0.25) is 0 Å². The van der Waals surface area contributed by atoms with Crippen molar-refractivity contribution in [2.45, 2.75) is 89.4 Å². The highest BCUT2D eigenvalue weighted by molar-refractivity contribution is 5.68. The van der Waals surface area contributed by atoms with Gasteiger partial charge in [0, 0.05) is 16.4 Å². The highest BCUT2D eigenvalue weighted by atomic mass is 16.3. The summed E-state index contributed by atoms with van der Waals surface area (Å²) in [6, 6.07) is 7.12. The van der Waals surface area contributed by atoms with Crippen LogP contribution in [-0.2, 0) is 16.2 Å². The number of phenols is 4.